The van der Waals surface area contributed by atoms with Crippen molar-refractivity contribution in [2.24, 2.45) is 0 Å². The van der Waals surface area contributed by atoms with Crippen molar-refractivity contribution in [1.29, 1.82) is 0 Å². The Morgan fingerprint density at radius 2 is 1.88 bits per heavy atom. The molecule has 1 unspecified atom stereocenters. The molecule has 0 spiro atoms. The molecule has 2 aliphatic rings. The fourth-order valence-electron chi connectivity index (χ4n) is 3.41. The van der Waals surface area contributed by atoms with Crippen LogP contribution in [0.25, 0.3) is 0 Å². The molecule has 8 heteroatoms. The third kappa shape index (κ3) is 2.35. The van der Waals surface area contributed by atoms with E-state index in [1.807, 2.05) is 24.3 Å². The van der Waals surface area contributed by atoms with Gasteiger partial charge in [-0.2, -0.15) is 0 Å². The molecule has 3 amide bonds. The Morgan fingerprint density at radius 1 is 1.19 bits per heavy atom. The van der Waals surface area contributed by atoms with E-state index >= 15 is 0 Å². The summed E-state index contributed by atoms with van der Waals surface area (Å²) in [6.45, 7) is 0.239. The van der Waals surface area contributed by atoms with Crippen LogP contribution < -0.4 is 4.90 Å². The van der Waals surface area contributed by atoms with Crippen molar-refractivity contribution in [3.63, 3.8) is 0 Å². The van der Waals surface area contributed by atoms with Crippen molar-refractivity contribution in [1.82, 2.24) is 4.90 Å². The van der Waals surface area contributed by atoms with E-state index in [2.05, 4.69) is 0 Å². The third-order valence-corrected chi connectivity index (χ3v) is 5.01. The molecule has 0 bridgehead atoms. The first kappa shape index (κ1) is 16.5. The molecule has 2 aliphatic heterocycles. The van der Waals surface area contributed by atoms with Crippen molar-refractivity contribution in [3.8, 4) is 0 Å². The molecule has 0 aromatic heterocycles. The van der Waals surface area contributed by atoms with E-state index in [0.29, 0.717) is 11.3 Å². The van der Waals surface area contributed by atoms with E-state index in [1.165, 1.54) is 4.90 Å². The van der Waals surface area contributed by atoms with Crippen molar-refractivity contribution in [2.75, 3.05) is 4.90 Å². The van der Waals surface area contributed by atoms with Gasteiger partial charge in [-0.1, -0.05) is 35.9 Å². The first-order valence-corrected chi connectivity index (χ1v) is 8.20. The zero-order chi connectivity index (χ0) is 18.6. The number of hydrogen-bond acceptors (Lipinski definition) is 3. The van der Waals surface area contributed by atoms with Crippen molar-refractivity contribution in [3.05, 3.63) is 63.9 Å². The van der Waals surface area contributed by atoms with Crippen molar-refractivity contribution in [2.45, 2.75) is 19.0 Å². The molecule has 0 aliphatic carbocycles. The highest BCUT2D eigenvalue weighted by Gasteiger charge is 2.48. The Balaban J connectivity index is 1.77. The summed E-state index contributed by atoms with van der Waals surface area (Å²) in [4.78, 5) is 38.9. The summed E-state index contributed by atoms with van der Waals surface area (Å²) in [5, 5.41) is 8.87. The van der Waals surface area contributed by atoms with Gasteiger partial charge in [-0.05, 0) is 23.3 Å². The number of urea groups is 1. The van der Waals surface area contributed by atoms with E-state index in [4.69, 9.17) is 11.6 Å². The Morgan fingerprint density at radius 3 is 2.58 bits per heavy atom. The first-order chi connectivity index (χ1) is 12.4. The van der Waals surface area contributed by atoms with Gasteiger partial charge >= 0.3 is 12.0 Å². The number of nitrogens with zero attached hydrogens (tertiary/aromatic N) is 2. The quantitative estimate of drug-likeness (QED) is 0.819. The number of carbonyl (C=O) groups is 3. The molecule has 2 heterocycles. The predicted octanol–water partition coefficient (Wildman–Crippen LogP) is 3.07. The molecular formula is C18H12ClFN2O4. The van der Waals surface area contributed by atoms with Crippen LogP contribution in [0.1, 0.15) is 21.5 Å². The Hall–Kier alpha value is -2.93. The van der Waals surface area contributed by atoms with Crippen LogP contribution in [0, 0.1) is 5.82 Å². The number of rotatable bonds is 2. The van der Waals surface area contributed by atoms with Crippen molar-refractivity contribution >= 4 is 35.2 Å². The summed E-state index contributed by atoms with van der Waals surface area (Å²) in [6.07, 6.45) is 0.332. The summed E-state index contributed by atoms with van der Waals surface area (Å²) in [5.74, 6) is -2.89. The lowest BCUT2D eigenvalue weighted by atomic mass is 9.95. The number of aromatic carboxylic acids is 1. The monoisotopic (exact) mass is 374 g/mol. The number of fused-ring (bicyclic) bond motifs is 2. The lowest BCUT2D eigenvalue weighted by Gasteiger charge is -2.28. The van der Waals surface area contributed by atoms with Gasteiger partial charge < -0.3 is 10.0 Å². The minimum atomic E-state index is -1.37. The van der Waals surface area contributed by atoms with E-state index in [-0.39, 0.29) is 17.1 Å². The Bertz CT molecular complexity index is 935. The molecule has 1 N–H and O–H groups in total. The lowest BCUT2D eigenvalue weighted by Crippen LogP contribution is -2.39. The Kier molecular flexibility index (Phi) is 3.69. The molecule has 132 valence electrons. The van der Waals surface area contributed by atoms with E-state index in [9.17, 15) is 23.9 Å². The van der Waals surface area contributed by atoms with E-state index < -0.39 is 35.5 Å². The fourth-order valence-corrected chi connectivity index (χ4v) is 3.64. The van der Waals surface area contributed by atoms with Gasteiger partial charge in [-0.25, -0.2) is 18.9 Å². The van der Waals surface area contributed by atoms with Crippen LogP contribution in [0.5, 0.6) is 0 Å². The molecule has 2 aromatic carbocycles. The van der Waals surface area contributed by atoms with Gasteiger partial charge in [0.15, 0.2) is 0 Å². The van der Waals surface area contributed by atoms with Gasteiger partial charge in [0.25, 0.3) is 5.91 Å². The van der Waals surface area contributed by atoms with Crippen molar-refractivity contribution < 1.29 is 23.9 Å². The molecule has 26 heavy (non-hydrogen) atoms. The van der Waals surface area contributed by atoms with Crippen LogP contribution in [0.15, 0.2) is 36.4 Å². The highest BCUT2D eigenvalue weighted by atomic mass is 35.5. The largest absolute Gasteiger partial charge is 0.478 e. The number of halogens is 2. The van der Waals surface area contributed by atoms with Gasteiger partial charge in [0.05, 0.1) is 16.3 Å². The molecule has 0 saturated carbocycles. The molecule has 6 nitrogen and oxygen atoms in total. The van der Waals surface area contributed by atoms with Crippen LogP contribution in [0.4, 0.5) is 14.9 Å². The number of carbonyl (C=O) groups excluding carboxylic acids is 2. The number of carboxylic acids is 1. The van der Waals surface area contributed by atoms with Gasteiger partial charge in [0.1, 0.15) is 11.9 Å². The van der Waals surface area contributed by atoms with Crippen LogP contribution in [-0.2, 0) is 17.8 Å². The average molecular weight is 375 g/mol. The lowest BCUT2D eigenvalue weighted by molar-refractivity contribution is -0.120. The highest BCUT2D eigenvalue weighted by molar-refractivity contribution is 6.34. The number of imide groups is 1. The maximum absolute atomic E-state index is 14.4. The number of anilines is 1. The SMILES string of the molecule is O=C(O)c1cc(N2C(=O)C3Cc4ccccc4CN3C2=O)c(F)cc1Cl. The van der Waals surface area contributed by atoms with Crippen LogP contribution in [0.2, 0.25) is 5.02 Å². The average Bonchev–Trinajstić information content (AvgIpc) is 2.84. The molecule has 1 fully saturated rings. The second-order valence-electron chi connectivity index (χ2n) is 6.16. The number of amides is 3. The van der Waals surface area contributed by atoms with E-state index in [1.54, 1.807) is 0 Å². The number of carboxylic acid groups (broad SMARTS) is 1. The molecule has 2 aromatic rings. The zero-order valence-corrected chi connectivity index (χ0v) is 14.0. The summed E-state index contributed by atoms with van der Waals surface area (Å²) in [5.41, 5.74) is 1.10. The normalized spacial score (nSPS) is 18.8. The second-order valence-corrected chi connectivity index (χ2v) is 6.57. The van der Waals surface area contributed by atoms with Gasteiger partial charge in [0, 0.05) is 13.0 Å². The molecule has 0 radical (unpaired) electrons. The Labute approximate surface area is 152 Å². The van der Waals surface area contributed by atoms with Gasteiger partial charge in [-0.3, -0.25) is 4.79 Å². The maximum atomic E-state index is 14.4. The smallest absolute Gasteiger partial charge is 0.337 e. The third-order valence-electron chi connectivity index (χ3n) is 4.70. The minimum absolute atomic E-state index is 0.239. The van der Waals surface area contributed by atoms with Crippen LogP contribution in [-0.4, -0.2) is 34.0 Å². The molecular weight excluding hydrogens is 363 g/mol. The first-order valence-electron chi connectivity index (χ1n) is 7.82. The summed E-state index contributed by atoms with van der Waals surface area (Å²) < 4.78 is 14.4. The fraction of sp³-hybridized carbons (Fsp3) is 0.167. The topological polar surface area (TPSA) is 77.9 Å². The highest BCUT2D eigenvalue weighted by Crippen LogP contribution is 2.35. The van der Waals surface area contributed by atoms with Crippen LogP contribution >= 0.6 is 11.6 Å². The molecule has 1 atom stereocenters. The second kappa shape index (κ2) is 5.81. The summed E-state index contributed by atoms with van der Waals surface area (Å²) in [7, 11) is 0. The standard InChI is InChI=1S/C18H12ClFN2O4/c19-12-7-13(20)14(6-11(12)17(24)25)22-16(23)15-5-9-3-1-2-4-10(9)8-21(15)18(22)26/h1-4,6-7,15H,5,8H2,(H,24,25). The number of hydrogen-bond donors (Lipinski definition) is 1. The van der Waals surface area contributed by atoms with Crippen LogP contribution in [0.3, 0.4) is 0 Å². The summed E-state index contributed by atoms with van der Waals surface area (Å²) >= 11 is 5.74. The predicted molar refractivity (Wildman–Crippen MR) is 90.7 cm³/mol. The van der Waals surface area contributed by atoms with Gasteiger partial charge in [0.2, 0.25) is 0 Å². The maximum Gasteiger partial charge on any atom is 0.337 e. The minimum Gasteiger partial charge on any atom is -0.478 e. The molecule has 1 saturated heterocycles. The van der Waals surface area contributed by atoms with E-state index in [0.717, 1.165) is 23.3 Å². The number of benzene rings is 2. The molecule has 4 rings (SSSR count). The van der Waals surface area contributed by atoms with Gasteiger partial charge in [-0.15, -0.1) is 0 Å². The summed E-state index contributed by atoms with van der Waals surface area (Å²) in [6, 6.07) is 7.76. The zero-order valence-electron chi connectivity index (χ0n) is 13.3.